The van der Waals surface area contributed by atoms with Crippen LogP contribution in [-0.2, 0) is 14.3 Å². The monoisotopic (exact) mass is 199 g/mol. The molecule has 2 rings (SSSR count). The third-order valence-corrected chi connectivity index (χ3v) is 2.97. The Bertz CT molecular complexity index is 219. The first kappa shape index (κ1) is 9.93. The van der Waals surface area contributed by atoms with Crippen LogP contribution in [-0.4, -0.2) is 37.9 Å². The molecular formula is C10H17NO3. The Labute approximate surface area is 84.0 Å². The number of piperidine rings is 1. The van der Waals surface area contributed by atoms with Crippen LogP contribution in [0.3, 0.4) is 0 Å². The minimum absolute atomic E-state index is 0.0192. The lowest BCUT2D eigenvalue weighted by atomic mass is 9.92. The Morgan fingerprint density at radius 2 is 2.50 bits per heavy atom. The Morgan fingerprint density at radius 1 is 1.64 bits per heavy atom. The number of carbonyl (C=O) groups excluding carboxylic acids is 1. The van der Waals surface area contributed by atoms with Crippen molar-refractivity contribution in [2.24, 2.45) is 5.92 Å². The predicted octanol–water partition coefficient (Wildman–Crippen LogP) is 0.317. The predicted molar refractivity (Wildman–Crippen MR) is 50.9 cm³/mol. The molecule has 0 bridgehead atoms. The second-order valence-corrected chi connectivity index (χ2v) is 3.90. The van der Waals surface area contributed by atoms with E-state index in [1.54, 1.807) is 0 Å². The average Bonchev–Trinajstić information content (AvgIpc) is 2.64. The van der Waals surface area contributed by atoms with E-state index in [2.05, 4.69) is 5.32 Å². The maximum absolute atomic E-state index is 11.5. The number of esters is 1. The fourth-order valence-corrected chi connectivity index (χ4v) is 2.21. The highest BCUT2D eigenvalue weighted by atomic mass is 16.5. The van der Waals surface area contributed by atoms with E-state index in [9.17, 15) is 4.79 Å². The lowest BCUT2D eigenvalue weighted by Gasteiger charge is -2.30. The molecule has 2 heterocycles. The zero-order valence-electron chi connectivity index (χ0n) is 8.49. The third-order valence-electron chi connectivity index (χ3n) is 2.97. The molecule has 0 aromatic carbocycles. The Balaban J connectivity index is 1.87. The summed E-state index contributed by atoms with van der Waals surface area (Å²) >= 11 is 0. The smallest absolute Gasteiger partial charge is 0.310 e. The van der Waals surface area contributed by atoms with Crippen molar-refractivity contribution in [3.05, 3.63) is 0 Å². The zero-order valence-corrected chi connectivity index (χ0v) is 8.49. The molecule has 0 saturated carbocycles. The molecule has 0 spiro atoms. The molecule has 0 radical (unpaired) electrons. The van der Waals surface area contributed by atoms with Crippen LogP contribution in [0.2, 0.25) is 0 Å². The summed E-state index contributed by atoms with van der Waals surface area (Å²) in [4.78, 5) is 11.5. The molecule has 2 aliphatic rings. The minimum atomic E-state index is -0.0889. The second kappa shape index (κ2) is 4.28. The molecule has 2 fully saturated rings. The number of ether oxygens (including phenoxy) is 2. The van der Waals surface area contributed by atoms with Gasteiger partial charge in [0.05, 0.1) is 18.6 Å². The molecule has 80 valence electrons. The second-order valence-electron chi connectivity index (χ2n) is 3.90. The van der Waals surface area contributed by atoms with Gasteiger partial charge in [-0.05, 0) is 19.8 Å². The van der Waals surface area contributed by atoms with Crippen molar-refractivity contribution in [2.45, 2.75) is 31.9 Å². The minimum Gasteiger partial charge on any atom is -0.466 e. The van der Waals surface area contributed by atoms with Gasteiger partial charge in [-0.3, -0.25) is 4.79 Å². The molecule has 0 aromatic heterocycles. The fourth-order valence-electron chi connectivity index (χ4n) is 2.21. The Morgan fingerprint density at radius 3 is 3.29 bits per heavy atom. The molecule has 14 heavy (non-hydrogen) atoms. The maximum Gasteiger partial charge on any atom is 0.310 e. The first-order chi connectivity index (χ1) is 6.81. The highest BCUT2D eigenvalue weighted by Gasteiger charge is 2.37. The molecular weight excluding hydrogens is 182 g/mol. The van der Waals surface area contributed by atoms with E-state index >= 15 is 0 Å². The van der Waals surface area contributed by atoms with Crippen LogP contribution in [0.15, 0.2) is 0 Å². The SMILES string of the molecule is CCOC(=O)C1CNC2CCOC2C1. The van der Waals surface area contributed by atoms with Crippen molar-refractivity contribution in [1.29, 1.82) is 0 Å². The van der Waals surface area contributed by atoms with Gasteiger partial charge >= 0.3 is 5.97 Å². The summed E-state index contributed by atoms with van der Waals surface area (Å²) in [6, 6.07) is 0.459. The normalized spacial score (nSPS) is 36.5. The number of hydrogen-bond acceptors (Lipinski definition) is 4. The van der Waals surface area contributed by atoms with Crippen LogP contribution in [0.25, 0.3) is 0 Å². The topological polar surface area (TPSA) is 47.6 Å². The molecule has 1 N–H and O–H groups in total. The van der Waals surface area contributed by atoms with Crippen LogP contribution in [0.1, 0.15) is 19.8 Å². The van der Waals surface area contributed by atoms with Crippen molar-refractivity contribution in [1.82, 2.24) is 5.32 Å². The highest BCUT2D eigenvalue weighted by molar-refractivity contribution is 5.72. The summed E-state index contributed by atoms with van der Waals surface area (Å²) in [6.07, 6.45) is 2.11. The molecule has 0 amide bonds. The van der Waals surface area contributed by atoms with Crippen molar-refractivity contribution in [3.63, 3.8) is 0 Å². The van der Waals surface area contributed by atoms with Crippen LogP contribution < -0.4 is 5.32 Å². The van der Waals surface area contributed by atoms with Gasteiger partial charge in [0.2, 0.25) is 0 Å². The van der Waals surface area contributed by atoms with Crippen LogP contribution in [0.5, 0.6) is 0 Å². The largest absolute Gasteiger partial charge is 0.466 e. The van der Waals surface area contributed by atoms with Gasteiger partial charge in [-0.25, -0.2) is 0 Å². The lowest BCUT2D eigenvalue weighted by Crippen LogP contribution is -2.48. The van der Waals surface area contributed by atoms with Crippen molar-refractivity contribution in [3.8, 4) is 0 Å². The first-order valence-electron chi connectivity index (χ1n) is 5.33. The number of nitrogens with one attached hydrogen (secondary N) is 1. The molecule has 3 unspecified atom stereocenters. The summed E-state index contributed by atoms with van der Waals surface area (Å²) in [5.41, 5.74) is 0. The number of carbonyl (C=O) groups is 1. The van der Waals surface area contributed by atoms with E-state index < -0.39 is 0 Å². The van der Waals surface area contributed by atoms with Crippen molar-refractivity contribution < 1.29 is 14.3 Å². The molecule has 2 aliphatic heterocycles. The third kappa shape index (κ3) is 1.91. The van der Waals surface area contributed by atoms with E-state index in [1.807, 2.05) is 6.92 Å². The van der Waals surface area contributed by atoms with Crippen molar-refractivity contribution >= 4 is 5.97 Å². The van der Waals surface area contributed by atoms with Crippen LogP contribution >= 0.6 is 0 Å². The standard InChI is InChI=1S/C10H17NO3/c1-2-13-10(12)7-5-9-8(11-6-7)3-4-14-9/h7-9,11H,2-6H2,1H3. The molecule has 3 atom stereocenters. The van der Waals surface area contributed by atoms with E-state index in [4.69, 9.17) is 9.47 Å². The summed E-state index contributed by atoms with van der Waals surface area (Å²) in [6.45, 7) is 3.86. The van der Waals surface area contributed by atoms with Gasteiger partial charge in [-0.15, -0.1) is 0 Å². The molecule has 0 aliphatic carbocycles. The summed E-state index contributed by atoms with van der Waals surface area (Å²) < 4.78 is 10.5. The number of hydrogen-bond donors (Lipinski definition) is 1. The Hall–Kier alpha value is -0.610. The van der Waals surface area contributed by atoms with E-state index in [1.165, 1.54) is 0 Å². The van der Waals surface area contributed by atoms with E-state index in [0.29, 0.717) is 12.6 Å². The van der Waals surface area contributed by atoms with Crippen molar-refractivity contribution in [2.75, 3.05) is 19.8 Å². The van der Waals surface area contributed by atoms with Gasteiger partial charge < -0.3 is 14.8 Å². The van der Waals surface area contributed by atoms with Gasteiger partial charge in [0, 0.05) is 19.2 Å². The summed E-state index contributed by atoms with van der Waals surface area (Å²) in [7, 11) is 0. The van der Waals surface area contributed by atoms with E-state index in [-0.39, 0.29) is 18.0 Å². The molecule has 4 heteroatoms. The van der Waals surface area contributed by atoms with Crippen LogP contribution in [0, 0.1) is 5.92 Å². The number of fused-ring (bicyclic) bond motifs is 1. The summed E-state index contributed by atoms with van der Waals surface area (Å²) in [5, 5.41) is 3.34. The lowest BCUT2D eigenvalue weighted by molar-refractivity contribution is -0.150. The zero-order chi connectivity index (χ0) is 9.97. The maximum atomic E-state index is 11.5. The average molecular weight is 199 g/mol. The van der Waals surface area contributed by atoms with Gasteiger partial charge in [-0.2, -0.15) is 0 Å². The summed E-state index contributed by atoms with van der Waals surface area (Å²) in [5.74, 6) is -0.108. The van der Waals surface area contributed by atoms with Gasteiger partial charge in [0.25, 0.3) is 0 Å². The molecule has 2 saturated heterocycles. The quantitative estimate of drug-likeness (QED) is 0.650. The fraction of sp³-hybridized carbons (Fsp3) is 0.900. The number of rotatable bonds is 2. The van der Waals surface area contributed by atoms with Gasteiger partial charge in [0.1, 0.15) is 0 Å². The van der Waals surface area contributed by atoms with E-state index in [0.717, 1.165) is 26.0 Å². The molecule has 0 aromatic rings. The van der Waals surface area contributed by atoms with Crippen LogP contribution in [0.4, 0.5) is 0 Å². The van der Waals surface area contributed by atoms with Gasteiger partial charge in [0.15, 0.2) is 0 Å². The Kier molecular flexibility index (Phi) is 3.03. The first-order valence-corrected chi connectivity index (χ1v) is 5.33. The molecule has 4 nitrogen and oxygen atoms in total. The van der Waals surface area contributed by atoms with Gasteiger partial charge in [-0.1, -0.05) is 0 Å². The highest BCUT2D eigenvalue weighted by Crippen LogP contribution is 2.25.